The number of ether oxygens (including phenoxy) is 6. The van der Waals surface area contributed by atoms with Crippen molar-refractivity contribution in [2.45, 2.75) is 214 Å². The van der Waals surface area contributed by atoms with Crippen LogP contribution >= 0.6 is 0 Å². The number of rotatable bonds is 29. The number of hydrogen-bond donors (Lipinski definition) is 14. The van der Waals surface area contributed by atoms with E-state index in [4.69, 9.17) is 34.2 Å². The number of nitrogens with two attached hydrogens (primary N) is 1. The highest BCUT2D eigenvalue weighted by molar-refractivity contribution is 5.76. The number of aliphatic hydroxyl groups excluding tert-OH is 10. The quantitative estimate of drug-likeness (QED) is 0.0261. The molecule has 3 rings (SSSR count). The van der Waals surface area contributed by atoms with Gasteiger partial charge in [0.25, 0.3) is 5.79 Å². The normalized spacial score (nSPS) is 34.7. The zero-order valence-corrected chi connectivity index (χ0v) is 38.2. The molecule has 0 aromatic heterocycles. The van der Waals surface area contributed by atoms with Crippen LogP contribution in [0.15, 0.2) is 12.2 Å². The molecule has 0 spiro atoms. The average Bonchev–Trinajstić information content (AvgIpc) is 3.28. The summed E-state index contributed by atoms with van der Waals surface area (Å²) in [5.41, 5.74) is 6.20. The molecule has 66 heavy (non-hydrogen) atoms. The number of carbonyl (C=O) groups is 3. The van der Waals surface area contributed by atoms with E-state index in [0.717, 1.165) is 39.5 Å². The number of aliphatic hydroxyl groups is 10. The predicted molar refractivity (Wildman–Crippen MR) is 230 cm³/mol. The molecule has 0 aromatic carbocycles. The summed E-state index contributed by atoms with van der Waals surface area (Å²) in [5.74, 6) is -6.13. The first-order valence-electron chi connectivity index (χ1n) is 23.1. The van der Waals surface area contributed by atoms with Gasteiger partial charge in [-0.3, -0.25) is 9.59 Å². The Balaban J connectivity index is 1.64. The number of carbonyl (C=O) groups excluding carboxylic acids is 2. The molecule has 23 heteroatoms. The Bertz CT molecular complexity index is 1470. The fourth-order valence-electron chi connectivity index (χ4n) is 8.19. The fourth-order valence-corrected chi connectivity index (χ4v) is 8.19. The fraction of sp³-hybridized carbons (Fsp3) is 0.884. The zero-order chi connectivity index (χ0) is 49.1. The molecule has 0 unspecified atom stereocenters. The van der Waals surface area contributed by atoms with Gasteiger partial charge in [0.15, 0.2) is 12.6 Å². The van der Waals surface area contributed by atoms with E-state index >= 15 is 0 Å². The van der Waals surface area contributed by atoms with Crippen LogP contribution in [0.1, 0.15) is 104 Å². The van der Waals surface area contributed by atoms with Gasteiger partial charge in [0.1, 0.15) is 67.1 Å². The molecule has 3 aliphatic rings. The van der Waals surface area contributed by atoms with Gasteiger partial charge in [-0.1, -0.05) is 83.3 Å². The smallest absolute Gasteiger partial charge is 0.364 e. The maximum Gasteiger partial charge on any atom is 0.364 e. The van der Waals surface area contributed by atoms with Crippen LogP contribution in [0.5, 0.6) is 0 Å². The molecule has 2 amide bonds. The van der Waals surface area contributed by atoms with E-state index in [1.54, 1.807) is 6.08 Å². The minimum Gasteiger partial charge on any atom is -0.477 e. The third kappa shape index (κ3) is 16.9. The lowest BCUT2D eigenvalue weighted by Gasteiger charge is -2.48. The third-order valence-corrected chi connectivity index (χ3v) is 12.0. The van der Waals surface area contributed by atoms with Crippen LogP contribution in [0.3, 0.4) is 0 Å². The number of aliphatic carboxylic acids is 1. The summed E-state index contributed by atoms with van der Waals surface area (Å²) >= 11 is 0. The summed E-state index contributed by atoms with van der Waals surface area (Å²) < 4.78 is 34.3. The zero-order valence-electron chi connectivity index (χ0n) is 38.2. The Morgan fingerprint density at radius 1 is 0.788 bits per heavy atom. The lowest BCUT2D eigenvalue weighted by atomic mass is 9.88. The largest absolute Gasteiger partial charge is 0.477 e. The topological polar surface area (TPSA) is 379 Å². The van der Waals surface area contributed by atoms with Gasteiger partial charge < -0.3 is 101 Å². The molecule has 23 nitrogen and oxygen atoms in total. The molecule has 0 aromatic rings. The van der Waals surface area contributed by atoms with Gasteiger partial charge >= 0.3 is 5.97 Å². The van der Waals surface area contributed by atoms with E-state index in [2.05, 4.69) is 17.6 Å². The van der Waals surface area contributed by atoms with Gasteiger partial charge in [-0.15, -0.1) is 0 Å². The molecule has 0 aliphatic carbocycles. The molecule has 18 atom stereocenters. The van der Waals surface area contributed by atoms with Crippen molar-refractivity contribution in [2.75, 3.05) is 26.4 Å². The second kappa shape index (κ2) is 28.8. The monoisotopic (exact) mass is 956 g/mol. The highest BCUT2D eigenvalue weighted by Gasteiger charge is 2.57. The Morgan fingerprint density at radius 3 is 1.92 bits per heavy atom. The number of carboxylic acid groups (broad SMARTS) is 1. The van der Waals surface area contributed by atoms with E-state index in [0.29, 0.717) is 0 Å². The summed E-state index contributed by atoms with van der Waals surface area (Å²) in [4.78, 5) is 36.8. The maximum atomic E-state index is 12.7. The van der Waals surface area contributed by atoms with Crippen molar-refractivity contribution in [2.24, 2.45) is 5.73 Å². The van der Waals surface area contributed by atoms with E-state index in [-0.39, 0.29) is 6.61 Å². The Labute approximate surface area is 385 Å². The molecule has 15 N–H and O–H groups in total. The van der Waals surface area contributed by atoms with Gasteiger partial charge in [-0.25, -0.2) is 4.79 Å². The van der Waals surface area contributed by atoms with Crippen molar-refractivity contribution in [3.63, 3.8) is 0 Å². The van der Waals surface area contributed by atoms with Gasteiger partial charge in [-0.05, 0) is 12.8 Å². The number of nitrogens with one attached hydrogen (secondary N) is 2. The second-order valence-corrected chi connectivity index (χ2v) is 17.5. The van der Waals surface area contributed by atoms with Crippen molar-refractivity contribution in [1.82, 2.24) is 10.6 Å². The van der Waals surface area contributed by atoms with Crippen LogP contribution in [0.2, 0.25) is 0 Å². The number of allylic oxidation sites excluding steroid dienone is 1. The molecule has 384 valence electrons. The van der Waals surface area contributed by atoms with E-state index in [9.17, 15) is 70.6 Å². The van der Waals surface area contributed by atoms with Crippen molar-refractivity contribution in [3.8, 4) is 0 Å². The first-order valence-corrected chi connectivity index (χ1v) is 23.1. The van der Waals surface area contributed by atoms with Crippen LogP contribution in [0.25, 0.3) is 0 Å². The number of carboxylic acids is 1. The highest BCUT2D eigenvalue weighted by atomic mass is 16.8. The summed E-state index contributed by atoms with van der Waals surface area (Å²) in [7, 11) is 0. The van der Waals surface area contributed by atoms with Gasteiger partial charge in [0, 0.05) is 20.3 Å². The molecule has 3 aliphatic heterocycles. The van der Waals surface area contributed by atoms with Crippen molar-refractivity contribution in [1.29, 1.82) is 0 Å². The van der Waals surface area contributed by atoms with E-state index in [1.165, 1.54) is 51.4 Å². The third-order valence-electron chi connectivity index (χ3n) is 12.0. The van der Waals surface area contributed by atoms with Gasteiger partial charge in [0.2, 0.25) is 11.8 Å². The molecule has 3 heterocycles. The highest BCUT2D eigenvalue weighted by Crippen LogP contribution is 2.36. The Hall–Kier alpha value is -2.53. The van der Waals surface area contributed by atoms with E-state index < -0.39 is 154 Å². The van der Waals surface area contributed by atoms with Crippen LogP contribution in [-0.2, 0) is 42.8 Å². The molecule has 3 saturated heterocycles. The molecule has 3 fully saturated rings. The van der Waals surface area contributed by atoms with Gasteiger partial charge in [0.05, 0.1) is 50.7 Å². The molecular weight excluding hydrogens is 878 g/mol. The summed E-state index contributed by atoms with van der Waals surface area (Å²) in [6.07, 6.45) is -8.48. The van der Waals surface area contributed by atoms with Crippen LogP contribution < -0.4 is 16.4 Å². The second-order valence-electron chi connectivity index (χ2n) is 17.5. The number of unbranched alkanes of at least 4 members (excludes halogenated alkanes) is 11. The standard InChI is InChI=1S/C43H77N3O20/c1-4-5-6-7-8-9-10-11-12-13-14-15-16-17-26(51)25(44)21-61-40-32(46-24(3)50)35(56)38(29(20-48)63-40)65-41-37(58)36(57)34(55)30(64-41)22-62-43(42(59)60)18-27(52)31(45-23(2)49)39(66-43)33(54)28(53)19-47/h16-17,25-41,47-48,51-58H,4-15,18-22,44H2,1-3H3,(H,45,49)(H,46,50)(H,59,60)/b17-16+/t25-,26+,27-,28+,29+,30+,31+,32+,33+,34-,35+,36-,37+,38+,39+,40+,41-,43+/m0/s1. The number of amides is 2. The predicted octanol–water partition coefficient (Wildman–Crippen LogP) is -3.11. The van der Waals surface area contributed by atoms with E-state index in [1.807, 2.05) is 6.08 Å². The number of hydrogen-bond acceptors (Lipinski definition) is 20. The van der Waals surface area contributed by atoms with Crippen molar-refractivity contribution >= 4 is 17.8 Å². The lowest BCUT2D eigenvalue weighted by molar-refractivity contribution is -0.360. The first-order chi connectivity index (χ1) is 31.3. The molecular formula is C43H77N3O20. The van der Waals surface area contributed by atoms with Crippen LogP contribution in [-0.4, -0.2) is 210 Å². The van der Waals surface area contributed by atoms with Crippen LogP contribution in [0, 0.1) is 0 Å². The Morgan fingerprint density at radius 2 is 1.36 bits per heavy atom. The molecule has 0 radical (unpaired) electrons. The maximum absolute atomic E-state index is 12.7. The Kier molecular flexibility index (Phi) is 25.3. The average molecular weight is 956 g/mol. The van der Waals surface area contributed by atoms with Crippen molar-refractivity contribution in [3.05, 3.63) is 12.2 Å². The SMILES string of the molecule is CCCCCCCCCCCCC/C=C/[C@@H](O)[C@@H](N)CO[C@@H]1O[C@H](CO)[C@@H](O[C@@H]2O[C@H](CO[C@]3(C(=O)O)C[C@H](O)[C@@H](NC(C)=O)[C@H]([C@H](O)[C@H](O)CO)O3)[C@H](O)[C@H](O)[C@H]2O)[C@H](O)[C@H]1NC(C)=O. The van der Waals surface area contributed by atoms with Crippen LogP contribution in [0.4, 0.5) is 0 Å². The minimum atomic E-state index is -2.87. The summed E-state index contributed by atoms with van der Waals surface area (Å²) in [6.45, 7) is 1.22. The van der Waals surface area contributed by atoms with Crippen molar-refractivity contribution < 1.29 is 99.0 Å². The summed E-state index contributed by atoms with van der Waals surface area (Å²) in [5, 5.41) is 121. The molecule has 0 saturated carbocycles. The molecule has 0 bridgehead atoms. The lowest BCUT2D eigenvalue weighted by Crippen LogP contribution is -2.69. The minimum absolute atomic E-state index is 0.328. The first kappa shape index (κ1) is 57.8. The summed E-state index contributed by atoms with van der Waals surface area (Å²) in [6, 6.07) is -3.89. The van der Waals surface area contributed by atoms with Gasteiger partial charge in [-0.2, -0.15) is 0 Å².